The monoisotopic (exact) mass is 483 g/mol. The summed E-state index contributed by atoms with van der Waals surface area (Å²) in [6, 6.07) is 6.35. The summed E-state index contributed by atoms with van der Waals surface area (Å²) in [5.41, 5.74) is -1.25. The zero-order valence-electron chi connectivity index (χ0n) is 18.6. The van der Waals surface area contributed by atoms with Gasteiger partial charge in [-0.25, -0.2) is 13.2 Å². The van der Waals surface area contributed by atoms with Crippen molar-refractivity contribution in [2.24, 2.45) is 0 Å². The van der Waals surface area contributed by atoms with E-state index in [1.165, 1.54) is 34.7 Å². The van der Waals surface area contributed by atoms with Crippen LogP contribution >= 0.6 is 0 Å². The van der Waals surface area contributed by atoms with Crippen LogP contribution < -0.4 is 15.6 Å². The van der Waals surface area contributed by atoms with E-state index in [9.17, 15) is 32.7 Å². The Morgan fingerprint density at radius 3 is 2.69 bits per heavy atom. The molecule has 0 saturated carbocycles. The van der Waals surface area contributed by atoms with Crippen LogP contribution in [0.4, 0.5) is 18.9 Å². The standard InChI is InChI=1S/C25H20F3N3O4/c1-12-17(26)8-6-14(19(12)28)9-29-24(34)16-11-30-15-7-5-13-3-2-4-18(27)20(13)31(10-15)25(35)21(30)23(33)22(16)32/h2-4,6,8,11,15,33H,5,7,9-10H2,1H3,(H,29,34)/t15-/m0/s1. The molecule has 180 valence electrons. The van der Waals surface area contributed by atoms with Gasteiger partial charge >= 0.3 is 0 Å². The van der Waals surface area contributed by atoms with Gasteiger partial charge in [0.1, 0.15) is 23.0 Å². The van der Waals surface area contributed by atoms with Gasteiger partial charge in [-0.2, -0.15) is 0 Å². The molecule has 0 fully saturated rings. The number of hydrogen-bond acceptors (Lipinski definition) is 4. The maximum atomic E-state index is 14.6. The highest BCUT2D eigenvalue weighted by atomic mass is 19.1. The fourth-order valence-corrected chi connectivity index (χ4v) is 4.72. The molecule has 0 aliphatic carbocycles. The van der Waals surface area contributed by atoms with Crippen molar-refractivity contribution in [1.82, 2.24) is 9.88 Å². The number of carbonyl (C=O) groups excluding carboxylic acids is 2. The molecule has 3 aromatic rings. The molecule has 35 heavy (non-hydrogen) atoms. The molecule has 7 nitrogen and oxygen atoms in total. The molecule has 2 aliphatic rings. The van der Waals surface area contributed by atoms with Gasteiger partial charge in [0.15, 0.2) is 11.4 Å². The smallest absolute Gasteiger partial charge is 0.279 e. The Bertz CT molecular complexity index is 1470. The van der Waals surface area contributed by atoms with Gasteiger partial charge in [0.25, 0.3) is 11.8 Å². The van der Waals surface area contributed by atoms with E-state index in [0.29, 0.717) is 18.4 Å². The Balaban J connectivity index is 1.50. The predicted octanol–water partition coefficient (Wildman–Crippen LogP) is 3.36. The van der Waals surface area contributed by atoms with Crippen molar-refractivity contribution in [1.29, 1.82) is 0 Å². The van der Waals surface area contributed by atoms with Crippen molar-refractivity contribution in [3.63, 3.8) is 0 Å². The molecule has 5 rings (SSSR count). The summed E-state index contributed by atoms with van der Waals surface area (Å²) in [6.45, 7) is 1.04. The molecule has 2 aliphatic heterocycles. The summed E-state index contributed by atoms with van der Waals surface area (Å²) in [6.07, 6.45) is 2.11. The SMILES string of the molecule is Cc1c(F)ccc(CNC(=O)c2cn3c(c(O)c2=O)C(=O)N2C[C@@H]3CCc3cccc(F)c32)c1F. The third-order valence-corrected chi connectivity index (χ3v) is 6.62. The van der Waals surface area contributed by atoms with Gasteiger partial charge in [-0.1, -0.05) is 18.2 Å². The van der Waals surface area contributed by atoms with E-state index in [0.717, 1.165) is 6.07 Å². The number of aromatic hydroxyl groups is 1. The number of para-hydroxylation sites is 1. The summed E-state index contributed by atoms with van der Waals surface area (Å²) in [5, 5.41) is 13.1. The second-order valence-corrected chi connectivity index (χ2v) is 8.66. The Hall–Kier alpha value is -4.08. The number of aryl methyl sites for hydroxylation is 1. The summed E-state index contributed by atoms with van der Waals surface area (Å²) in [4.78, 5) is 40.1. The molecule has 2 amide bonds. The van der Waals surface area contributed by atoms with Crippen LogP contribution in [0.25, 0.3) is 0 Å². The lowest BCUT2D eigenvalue weighted by Crippen LogP contribution is -2.45. The predicted molar refractivity (Wildman–Crippen MR) is 120 cm³/mol. The van der Waals surface area contributed by atoms with Gasteiger partial charge in [0.2, 0.25) is 5.43 Å². The van der Waals surface area contributed by atoms with Crippen LogP contribution in [0.3, 0.4) is 0 Å². The highest BCUT2D eigenvalue weighted by Crippen LogP contribution is 2.38. The normalized spacial score (nSPS) is 16.4. The first-order valence-electron chi connectivity index (χ1n) is 11.0. The average Bonchev–Trinajstić information content (AvgIpc) is 3.01. The number of halogens is 3. The number of carbonyl (C=O) groups is 2. The molecule has 1 atom stereocenters. The fourth-order valence-electron chi connectivity index (χ4n) is 4.72. The van der Waals surface area contributed by atoms with Gasteiger partial charge in [0, 0.05) is 30.4 Å². The number of rotatable bonds is 3. The van der Waals surface area contributed by atoms with Crippen LogP contribution in [0.5, 0.6) is 5.75 Å². The largest absolute Gasteiger partial charge is 0.503 e. The first kappa shape index (κ1) is 22.7. The van der Waals surface area contributed by atoms with Crippen LogP contribution in [-0.2, 0) is 13.0 Å². The number of anilines is 1. The number of fused-ring (bicyclic) bond motifs is 6. The lowest BCUT2D eigenvalue weighted by Gasteiger charge is -2.35. The molecule has 2 N–H and O–H groups in total. The second kappa shape index (κ2) is 8.30. The molecule has 0 spiro atoms. The number of benzene rings is 2. The van der Waals surface area contributed by atoms with Crippen molar-refractivity contribution in [2.45, 2.75) is 32.4 Å². The van der Waals surface area contributed by atoms with Crippen molar-refractivity contribution in [3.8, 4) is 5.75 Å². The Morgan fingerprint density at radius 1 is 1.14 bits per heavy atom. The van der Waals surface area contributed by atoms with Crippen LogP contribution in [0.2, 0.25) is 0 Å². The zero-order valence-corrected chi connectivity index (χ0v) is 18.6. The summed E-state index contributed by atoms with van der Waals surface area (Å²) in [7, 11) is 0. The zero-order chi connectivity index (χ0) is 25.0. The van der Waals surface area contributed by atoms with E-state index in [4.69, 9.17) is 0 Å². The number of pyridine rings is 1. The number of amides is 2. The number of hydrogen-bond donors (Lipinski definition) is 2. The molecule has 0 radical (unpaired) electrons. The van der Waals surface area contributed by atoms with E-state index in [1.54, 1.807) is 12.1 Å². The van der Waals surface area contributed by atoms with Crippen molar-refractivity contribution in [2.75, 3.05) is 11.4 Å². The molecule has 0 unspecified atom stereocenters. The summed E-state index contributed by atoms with van der Waals surface area (Å²) < 4.78 is 43.8. The van der Waals surface area contributed by atoms with E-state index < -0.39 is 52.0 Å². The van der Waals surface area contributed by atoms with Crippen LogP contribution in [0.1, 0.15) is 50.0 Å². The molecule has 2 bridgehead atoms. The molecule has 0 saturated heterocycles. The Labute approximate surface area is 197 Å². The first-order valence-corrected chi connectivity index (χ1v) is 11.0. The molecule has 3 heterocycles. The fraction of sp³-hybridized carbons (Fsp3) is 0.240. The highest BCUT2D eigenvalue weighted by Gasteiger charge is 2.39. The summed E-state index contributed by atoms with van der Waals surface area (Å²) >= 11 is 0. The quantitative estimate of drug-likeness (QED) is 0.598. The van der Waals surface area contributed by atoms with Crippen molar-refractivity contribution in [3.05, 3.63) is 92.2 Å². The highest BCUT2D eigenvalue weighted by molar-refractivity contribution is 6.08. The third-order valence-electron chi connectivity index (χ3n) is 6.62. The first-order chi connectivity index (χ1) is 16.7. The van der Waals surface area contributed by atoms with Gasteiger partial charge in [-0.15, -0.1) is 0 Å². The molecule has 1 aromatic heterocycles. The number of aromatic nitrogens is 1. The van der Waals surface area contributed by atoms with Crippen molar-refractivity contribution < 1.29 is 27.9 Å². The van der Waals surface area contributed by atoms with Gasteiger partial charge in [0.05, 0.1) is 11.7 Å². The van der Waals surface area contributed by atoms with Crippen molar-refractivity contribution >= 4 is 17.5 Å². The molecular weight excluding hydrogens is 463 g/mol. The minimum absolute atomic E-state index is 0.0221. The van der Waals surface area contributed by atoms with Gasteiger partial charge < -0.3 is 19.9 Å². The summed E-state index contributed by atoms with van der Waals surface area (Å²) in [5.74, 6) is -4.67. The second-order valence-electron chi connectivity index (χ2n) is 8.66. The molecule has 10 heteroatoms. The minimum atomic E-state index is -1.08. The van der Waals surface area contributed by atoms with E-state index in [-0.39, 0.29) is 35.6 Å². The van der Waals surface area contributed by atoms with E-state index in [2.05, 4.69) is 5.32 Å². The number of nitrogens with zero attached hydrogens (tertiary/aromatic N) is 2. The minimum Gasteiger partial charge on any atom is -0.503 e. The maximum absolute atomic E-state index is 14.6. The van der Waals surface area contributed by atoms with Gasteiger partial charge in [-0.05, 0) is 37.5 Å². The van der Waals surface area contributed by atoms with E-state index in [1.807, 2.05) is 0 Å². The maximum Gasteiger partial charge on any atom is 0.279 e. The lowest BCUT2D eigenvalue weighted by atomic mass is 10.0. The molecular formula is C25H20F3N3O4. The van der Waals surface area contributed by atoms with Crippen LogP contribution in [0.15, 0.2) is 41.3 Å². The van der Waals surface area contributed by atoms with Crippen LogP contribution in [0, 0.1) is 24.4 Å². The topological polar surface area (TPSA) is 91.6 Å². The van der Waals surface area contributed by atoms with Gasteiger partial charge in [-0.3, -0.25) is 14.4 Å². The lowest BCUT2D eigenvalue weighted by molar-refractivity contribution is 0.0929. The van der Waals surface area contributed by atoms with Crippen LogP contribution in [-0.4, -0.2) is 28.0 Å². The third kappa shape index (κ3) is 3.56. The van der Waals surface area contributed by atoms with E-state index >= 15 is 0 Å². The Morgan fingerprint density at radius 2 is 1.91 bits per heavy atom. The number of nitrogens with one attached hydrogen (secondary N) is 1. The molecule has 2 aromatic carbocycles. The average molecular weight is 483 g/mol. The Kier molecular flexibility index (Phi) is 5.38.